The number of likely N-dealkylation sites (N-methyl/N-ethyl adjacent to an activating group) is 1. The van der Waals surface area contributed by atoms with E-state index in [0.717, 1.165) is 11.4 Å². The van der Waals surface area contributed by atoms with E-state index in [0.29, 0.717) is 5.95 Å². The van der Waals surface area contributed by atoms with Crippen molar-refractivity contribution >= 4 is 11.9 Å². The molecule has 0 saturated carbocycles. The minimum absolute atomic E-state index is 0.0854. The lowest BCUT2D eigenvalue weighted by molar-refractivity contribution is -0.121. The molecule has 1 aromatic heterocycles. The third kappa shape index (κ3) is 3.19. The van der Waals surface area contributed by atoms with Gasteiger partial charge in [0.05, 0.1) is 0 Å². The van der Waals surface area contributed by atoms with Gasteiger partial charge in [-0.1, -0.05) is 0 Å². The van der Waals surface area contributed by atoms with Crippen molar-refractivity contribution in [2.24, 2.45) is 0 Å². The van der Waals surface area contributed by atoms with Gasteiger partial charge in [0.1, 0.15) is 6.04 Å². The summed E-state index contributed by atoms with van der Waals surface area (Å²) in [5.41, 5.74) is 1.77. The van der Waals surface area contributed by atoms with E-state index < -0.39 is 0 Å². The predicted octanol–water partition coefficient (Wildman–Crippen LogP) is 0.640. The summed E-state index contributed by atoms with van der Waals surface area (Å²) in [5, 5.41) is 5.50. The monoisotopic (exact) mass is 208 g/mol. The molecule has 1 heterocycles. The summed E-state index contributed by atoms with van der Waals surface area (Å²) in [7, 11) is 1.60. The number of carbonyl (C=O) groups is 1. The van der Waals surface area contributed by atoms with E-state index in [2.05, 4.69) is 20.6 Å². The molecule has 15 heavy (non-hydrogen) atoms. The SMILES string of the molecule is CNC(=O)C(C)Nc1nc(C)cc(C)n1. The highest BCUT2D eigenvalue weighted by Crippen LogP contribution is 2.04. The molecule has 1 unspecified atom stereocenters. The van der Waals surface area contributed by atoms with Crippen LogP contribution in [0.5, 0.6) is 0 Å². The molecule has 0 fully saturated rings. The number of carbonyl (C=O) groups excluding carboxylic acids is 1. The molecule has 0 aromatic carbocycles. The third-order valence-corrected chi connectivity index (χ3v) is 1.97. The molecule has 0 radical (unpaired) electrons. The van der Waals surface area contributed by atoms with E-state index in [4.69, 9.17) is 0 Å². The zero-order valence-corrected chi connectivity index (χ0v) is 9.46. The van der Waals surface area contributed by atoms with E-state index in [1.807, 2.05) is 19.9 Å². The lowest BCUT2D eigenvalue weighted by Gasteiger charge is -2.12. The molecule has 0 spiro atoms. The van der Waals surface area contributed by atoms with Crippen molar-refractivity contribution < 1.29 is 4.79 Å². The number of aryl methyl sites for hydroxylation is 2. The summed E-state index contributed by atoms with van der Waals surface area (Å²) >= 11 is 0. The Morgan fingerprint density at radius 1 is 1.33 bits per heavy atom. The molecule has 0 aliphatic rings. The van der Waals surface area contributed by atoms with Crippen LogP contribution in [0.1, 0.15) is 18.3 Å². The number of hydrogen-bond donors (Lipinski definition) is 2. The summed E-state index contributed by atoms with van der Waals surface area (Å²) in [6.45, 7) is 5.55. The number of nitrogens with one attached hydrogen (secondary N) is 2. The van der Waals surface area contributed by atoms with Crippen molar-refractivity contribution in [1.29, 1.82) is 0 Å². The largest absolute Gasteiger partial charge is 0.357 e. The minimum Gasteiger partial charge on any atom is -0.357 e. The zero-order chi connectivity index (χ0) is 11.4. The van der Waals surface area contributed by atoms with Crippen molar-refractivity contribution in [2.75, 3.05) is 12.4 Å². The second-order valence-corrected chi connectivity index (χ2v) is 3.45. The predicted molar refractivity (Wildman–Crippen MR) is 58.7 cm³/mol. The van der Waals surface area contributed by atoms with Crippen LogP contribution < -0.4 is 10.6 Å². The third-order valence-electron chi connectivity index (χ3n) is 1.97. The first-order valence-electron chi connectivity index (χ1n) is 4.83. The topological polar surface area (TPSA) is 66.9 Å². The summed E-state index contributed by atoms with van der Waals surface area (Å²) in [6, 6.07) is 1.55. The Morgan fingerprint density at radius 3 is 2.33 bits per heavy atom. The molecule has 0 bridgehead atoms. The van der Waals surface area contributed by atoms with E-state index >= 15 is 0 Å². The Labute approximate surface area is 89.3 Å². The molecule has 0 aliphatic heterocycles. The van der Waals surface area contributed by atoms with Crippen molar-refractivity contribution in [3.8, 4) is 0 Å². The Morgan fingerprint density at radius 2 is 1.87 bits per heavy atom. The Bertz CT molecular complexity index is 344. The minimum atomic E-state index is -0.337. The average molecular weight is 208 g/mol. The van der Waals surface area contributed by atoms with E-state index in [1.165, 1.54) is 0 Å². The smallest absolute Gasteiger partial charge is 0.242 e. The molecule has 0 aliphatic carbocycles. The summed E-state index contributed by atoms with van der Waals surface area (Å²) in [6.07, 6.45) is 0. The van der Waals surface area contributed by atoms with Crippen molar-refractivity contribution in [2.45, 2.75) is 26.8 Å². The van der Waals surface area contributed by atoms with Crippen LogP contribution in [0, 0.1) is 13.8 Å². The Kier molecular flexibility index (Phi) is 3.60. The molecule has 2 N–H and O–H groups in total. The Balaban J connectivity index is 2.76. The molecular formula is C10H16N4O. The number of hydrogen-bond acceptors (Lipinski definition) is 4. The number of rotatable bonds is 3. The molecule has 1 aromatic rings. The molecule has 1 atom stereocenters. The molecule has 1 amide bonds. The van der Waals surface area contributed by atoms with E-state index in [1.54, 1.807) is 14.0 Å². The lowest BCUT2D eigenvalue weighted by Crippen LogP contribution is -2.35. The van der Waals surface area contributed by atoms with Gasteiger partial charge in [-0.05, 0) is 26.8 Å². The van der Waals surface area contributed by atoms with Crippen LogP contribution in [0.15, 0.2) is 6.07 Å². The molecule has 0 saturated heterocycles. The average Bonchev–Trinajstić information content (AvgIpc) is 2.14. The van der Waals surface area contributed by atoms with Gasteiger partial charge < -0.3 is 10.6 Å². The fourth-order valence-corrected chi connectivity index (χ4v) is 1.27. The second kappa shape index (κ2) is 4.72. The fraction of sp³-hybridized carbons (Fsp3) is 0.500. The zero-order valence-electron chi connectivity index (χ0n) is 9.46. The standard InChI is InChI=1S/C10H16N4O/c1-6-5-7(2)13-10(12-6)14-8(3)9(15)11-4/h5,8H,1-4H3,(H,11,15)(H,12,13,14). The normalized spacial score (nSPS) is 12.0. The van der Waals surface area contributed by atoms with Gasteiger partial charge in [-0.25, -0.2) is 9.97 Å². The van der Waals surface area contributed by atoms with Gasteiger partial charge in [-0.2, -0.15) is 0 Å². The summed E-state index contributed by atoms with van der Waals surface area (Å²) in [4.78, 5) is 19.6. The van der Waals surface area contributed by atoms with Gasteiger partial charge in [0.25, 0.3) is 0 Å². The molecular weight excluding hydrogens is 192 g/mol. The fourth-order valence-electron chi connectivity index (χ4n) is 1.27. The highest BCUT2D eigenvalue weighted by Gasteiger charge is 2.11. The summed E-state index contributed by atoms with van der Waals surface area (Å²) < 4.78 is 0. The number of aromatic nitrogens is 2. The van der Waals surface area contributed by atoms with Crippen molar-refractivity contribution in [1.82, 2.24) is 15.3 Å². The van der Waals surface area contributed by atoms with Crippen LogP contribution in [0.4, 0.5) is 5.95 Å². The van der Waals surface area contributed by atoms with Gasteiger partial charge in [0.2, 0.25) is 11.9 Å². The van der Waals surface area contributed by atoms with Gasteiger partial charge in [-0.3, -0.25) is 4.79 Å². The van der Waals surface area contributed by atoms with Crippen LogP contribution in [0.2, 0.25) is 0 Å². The highest BCUT2D eigenvalue weighted by molar-refractivity contribution is 5.83. The molecule has 5 nitrogen and oxygen atoms in total. The number of amides is 1. The molecule has 5 heteroatoms. The maximum absolute atomic E-state index is 11.3. The first-order valence-corrected chi connectivity index (χ1v) is 4.83. The molecule has 82 valence electrons. The Hall–Kier alpha value is -1.65. The van der Waals surface area contributed by atoms with Crippen LogP contribution in [-0.4, -0.2) is 29.0 Å². The van der Waals surface area contributed by atoms with Gasteiger partial charge in [0, 0.05) is 18.4 Å². The van der Waals surface area contributed by atoms with Crippen molar-refractivity contribution in [3.05, 3.63) is 17.5 Å². The van der Waals surface area contributed by atoms with Gasteiger partial charge in [-0.15, -0.1) is 0 Å². The number of anilines is 1. The molecule has 1 rings (SSSR count). The van der Waals surface area contributed by atoms with E-state index in [9.17, 15) is 4.79 Å². The van der Waals surface area contributed by atoms with Crippen LogP contribution >= 0.6 is 0 Å². The highest BCUT2D eigenvalue weighted by atomic mass is 16.2. The van der Waals surface area contributed by atoms with Crippen LogP contribution in [0.3, 0.4) is 0 Å². The lowest BCUT2D eigenvalue weighted by atomic mass is 10.3. The van der Waals surface area contributed by atoms with Crippen LogP contribution in [0.25, 0.3) is 0 Å². The quantitative estimate of drug-likeness (QED) is 0.765. The van der Waals surface area contributed by atoms with E-state index in [-0.39, 0.29) is 11.9 Å². The maximum Gasteiger partial charge on any atom is 0.242 e. The van der Waals surface area contributed by atoms with Crippen molar-refractivity contribution in [3.63, 3.8) is 0 Å². The number of nitrogens with zero attached hydrogens (tertiary/aromatic N) is 2. The van der Waals surface area contributed by atoms with Crippen LogP contribution in [-0.2, 0) is 4.79 Å². The first-order chi connectivity index (χ1) is 7.02. The van der Waals surface area contributed by atoms with Gasteiger partial charge >= 0.3 is 0 Å². The first kappa shape index (κ1) is 11.4. The second-order valence-electron chi connectivity index (χ2n) is 3.45. The summed E-state index contributed by atoms with van der Waals surface area (Å²) in [5.74, 6) is 0.404. The maximum atomic E-state index is 11.3. The van der Waals surface area contributed by atoms with Gasteiger partial charge in [0.15, 0.2) is 0 Å².